The summed E-state index contributed by atoms with van der Waals surface area (Å²) in [4.78, 5) is 17.4. The van der Waals surface area contributed by atoms with Gasteiger partial charge in [0.05, 0.1) is 16.0 Å². The number of aryl methyl sites for hydroxylation is 2. The first kappa shape index (κ1) is 26.2. The van der Waals surface area contributed by atoms with Gasteiger partial charge in [-0.15, -0.1) is 21.5 Å². The molecule has 0 saturated carbocycles. The molecule has 0 aliphatic carbocycles. The lowest BCUT2D eigenvalue weighted by Crippen LogP contribution is -2.15. The van der Waals surface area contributed by atoms with Gasteiger partial charge in [-0.05, 0) is 86.5 Å². The number of thiazole rings is 1. The Hall–Kier alpha value is -3.40. The molecule has 194 valence electrons. The second kappa shape index (κ2) is 11.6. The Kier molecular flexibility index (Phi) is 7.97. The number of hydrogen-bond donors (Lipinski definition) is 1. The van der Waals surface area contributed by atoms with Crippen LogP contribution in [0.5, 0.6) is 5.75 Å². The van der Waals surface area contributed by atoms with Gasteiger partial charge in [-0.2, -0.15) is 0 Å². The van der Waals surface area contributed by atoms with E-state index in [1.54, 1.807) is 17.4 Å². The van der Waals surface area contributed by atoms with Crippen molar-refractivity contribution in [3.8, 4) is 16.3 Å². The summed E-state index contributed by atoms with van der Waals surface area (Å²) in [6.07, 6.45) is 0. The summed E-state index contributed by atoms with van der Waals surface area (Å²) in [7, 11) is 0. The number of fused-ring (bicyclic) bond motifs is 1. The first-order chi connectivity index (χ1) is 18.4. The smallest absolute Gasteiger partial charge is 0.234 e. The average molecular weight is 564 g/mol. The number of aromatic nitrogens is 4. The number of amides is 1. The Morgan fingerprint density at radius 1 is 1.08 bits per heavy atom. The molecule has 0 fully saturated rings. The summed E-state index contributed by atoms with van der Waals surface area (Å²) in [5.74, 6) is 1.55. The SMILES string of the molecule is CCn1c(COc2ccc(Cl)cc2C)nnc1SCC(=O)Nc1ccc(-c2nc3ccc(C)cc3s2)cc1. The van der Waals surface area contributed by atoms with Gasteiger partial charge in [0.1, 0.15) is 17.4 Å². The lowest BCUT2D eigenvalue weighted by Gasteiger charge is -2.11. The number of carbonyl (C=O) groups excluding carboxylic acids is 1. The first-order valence-corrected chi connectivity index (χ1v) is 14.3. The summed E-state index contributed by atoms with van der Waals surface area (Å²) in [6.45, 7) is 6.98. The lowest BCUT2D eigenvalue weighted by atomic mass is 10.2. The fraction of sp³-hybridized carbons (Fsp3) is 0.214. The molecule has 0 spiro atoms. The number of ether oxygens (including phenoxy) is 1. The summed E-state index contributed by atoms with van der Waals surface area (Å²) in [6, 6.07) is 19.5. The molecule has 2 aromatic heterocycles. The Morgan fingerprint density at radius 3 is 2.66 bits per heavy atom. The number of halogens is 1. The van der Waals surface area contributed by atoms with E-state index in [9.17, 15) is 4.79 Å². The van der Waals surface area contributed by atoms with Crippen molar-refractivity contribution >= 4 is 56.5 Å². The van der Waals surface area contributed by atoms with Crippen LogP contribution in [0.4, 0.5) is 5.69 Å². The predicted molar refractivity (Wildman–Crippen MR) is 155 cm³/mol. The maximum atomic E-state index is 12.6. The van der Waals surface area contributed by atoms with Crippen LogP contribution in [-0.2, 0) is 17.9 Å². The number of nitrogens with one attached hydrogen (secondary N) is 1. The molecule has 0 aliphatic rings. The Bertz CT molecular complexity index is 1600. The van der Waals surface area contributed by atoms with Crippen molar-refractivity contribution in [3.05, 3.63) is 82.6 Å². The van der Waals surface area contributed by atoms with Crippen LogP contribution in [0.1, 0.15) is 23.9 Å². The largest absolute Gasteiger partial charge is 0.485 e. The normalized spacial score (nSPS) is 11.2. The summed E-state index contributed by atoms with van der Waals surface area (Å²) < 4.78 is 9.05. The highest BCUT2D eigenvalue weighted by Crippen LogP contribution is 2.31. The van der Waals surface area contributed by atoms with Crippen LogP contribution in [0.3, 0.4) is 0 Å². The van der Waals surface area contributed by atoms with E-state index in [1.165, 1.54) is 22.0 Å². The summed E-state index contributed by atoms with van der Waals surface area (Å²) in [5.41, 5.74) is 4.93. The van der Waals surface area contributed by atoms with Crippen molar-refractivity contribution in [2.75, 3.05) is 11.1 Å². The minimum Gasteiger partial charge on any atom is -0.485 e. The Balaban J connectivity index is 1.17. The van der Waals surface area contributed by atoms with Crippen LogP contribution < -0.4 is 10.1 Å². The number of hydrogen-bond acceptors (Lipinski definition) is 7. The van der Waals surface area contributed by atoms with E-state index in [0.29, 0.717) is 22.5 Å². The van der Waals surface area contributed by atoms with Crippen LogP contribution >= 0.6 is 34.7 Å². The number of nitrogens with zero attached hydrogens (tertiary/aromatic N) is 4. The van der Waals surface area contributed by atoms with Gasteiger partial charge in [0, 0.05) is 22.8 Å². The first-order valence-electron chi connectivity index (χ1n) is 12.1. The number of thioether (sulfide) groups is 1. The minimum atomic E-state index is -0.113. The molecule has 0 atom stereocenters. The molecule has 5 aromatic rings. The van der Waals surface area contributed by atoms with Crippen LogP contribution in [0, 0.1) is 13.8 Å². The van der Waals surface area contributed by atoms with Gasteiger partial charge >= 0.3 is 0 Å². The number of benzene rings is 3. The van der Waals surface area contributed by atoms with Crippen LogP contribution in [0.2, 0.25) is 5.02 Å². The second-order valence-electron chi connectivity index (χ2n) is 8.75. The van der Waals surface area contributed by atoms with Gasteiger partial charge in [0.25, 0.3) is 0 Å². The molecule has 1 amide bonds. The molecule has 0 radical (unpaired) electrons. The van der Waals surface area contributed by atoms with Crippen LogP contribution in [0.25, 0.3) is 20.8 Å². The molecule has 0 unspecified atom stereocenters. The predicted octanol–water partition coefficient (Wildman–Crippen LogP) is 7.15. The molecule has 2 heterocycles. The molecular weight excluding hydrogens is 538 g/mol. The maximum Gasteiger partial charge on any atom is 0.234 e. The third-order valence-corrected chi connectivity index (χ3v) is 8.16. The minimum absolute atomic E-state index is 0.113. The standard InChI is InChI=1S/C28H26ClN5O2S2/c1-4-34-25(15-36-23-12-8-20(29)14-18(23)3)32-33-28(34)37-16-26(35)30-21-9-6-19(7-10-21)27-31-22-11-5-17(2)13-24(22)38-27/h5-14H,4,15-16H2,1-3H3,(H,30,35). The number of carbonyl (C=O) groups is 1. The molecule has 0 aliphatic heterocycles. The van der Waals surface area contributed by atoms with Crippen molar-refractivity contribution in [3.63, 3.8) is 0 Å². The van der Waals surface area contributed by atoms with E-state index >= 15 is 0 Å². The quantitative estimate of drug-likeness (QED) is 0.192. The zero-order chi connectivity index (χ0) is 26.6. The highest BCUT2D eigenvalue weighted by Gasteiger charge is 2.15. The number of rotatable bonds is 9. The zero-order valence-corrected chi connectivity index (χ0v) is 23.6. The molecule has 38 heavy (non-hydrogen) atoms. The highest BCUT2D eigenvalue weighted by molar-refractivity contribution is 7.99. The third-order valence-electron chi connectivity index (χ3n) is 5.90. The fourth-order valence-corrected chi connectivity index (χ4v) is 6.06. The van der Waals surface area contributed by atoms with Crippen molar-refractivity contribution in [2.24, 2.45) is 0 Å². The molecular formula is C28H26ClN5O2S2. The van der Waals surface area contributed by atoms with Crippen molar-refractivity contribution < 1.29 is 9.53 Å². The van der Waals surface area contributed by atoms with E-state index in [4.69, 9.17) is 21.3 Å². The molecule has 5 rings (SSSR count). The zero-order valence-electron chi connectivity index (χ0n) is 21.2. The molecule has 1 N–H and O–H groups in total. The van der Waals surface area contributed by atoms with Gasteiger partial charge in [0.15, 0.2) is 11.0 Å². The molecule has 7 nitrogen and oxygen atoms in total. The third kappa shape index (κ3) is 6.01. The van der Waals surface area contributed by atoms with Crippen molar-refractivity contribution in [1.82, 2.24) is 19.7 Å². The van der Waals surface area contributed by atoms with Crippen molar-refractivity contribution in [2.45, 2.75) is 39.1 Å². The second-order valence-corrected chi connectivity index (χ2v) is 11.2. The van der Waals surface area contributed by atoms with Crippen LogP contribution in [0.15, 0.2) is 65.8 Å². The van der Waals surface area contributed by atoms with E-state index in [2.05, 4.69) is 34.6 Å². The van der Waals surface area contributed by atoms with Gasteiger partial charge in [-0.1, -0.05) is 29.4 Å². The topological polar surface area (TPSA) is 81.9 Å². The molecule has 3 aromatic carbocycles. The van der Waals surface area contributed by atoms with E-state index < -0.39 is 0 Å². The van der Waals surface area contributed by atoms with Gasteiger partial charge in [0.2, 0.25) is 5.91 Å². The highest BCUT2D eigenvalue weighted by atomic mass is 35.5. The Labute approximate surface area is 234 Å². The monoisotopic (exact) mass is 563 g/mol. The average Bonchev–Trinajstić information content (AvgIpc) is 3.50. The van der Waals surface area contributed by atoms with Gasteiger partial charge < -0.3 is 14.6 Å². The number of anilines is 1. The van der Waals surface area contributed by atoms with Crippen LogP contribution in [-0.4, -0.2) is 31.4 Å². The fourth-order valence-electron chi connectivity index (χ4n) is 3.95. The molecule has 0 saturated heterocycles. The van der Waals surface area contributed by atoms with E-state index in [0.717, 1.165) is 33.1 Å². The van der Waals surface area contributed by atoms with Gasteiger partial charge in [-0.25, -0.2) is 4.98 Å². The maximum absolute atomic E-state index is 12.6. The van der Waals surface area contributed by atoms with Crippen molar-refractivity contribution in [1.29, 1.82) is 0 Å². The Morgan fingerprint density at radius 2 is 1.89 bits per heavy atom. The molecule has 10 heteroatoms. The summed E-state index contributed by atoms with van der Waals surface area (Å²) >= 11 is 9.04. The summed E-state index contributed by atoms with van der Waals surface area (Å²) in [5, 5.41) is 13.8. The van der Waals surface area contributed by atoms with E-state index in [1.807, 2.05) is 60.9 Å². The molecule has 0 bridgehead atoms. The lowest BCUT2D eigenvalue weighted by molar-refractivity contribution is -0.113. The van der Waals surface area contributed by atoms with E-state index in [-0.39, 0.29) is 18.3 Å². The van der Waals surface area contributed by atoms with Gasteiger partial charge in [-0.3, -0.25) is 4.79 Å².